The summed E-state index contributed by atoms with van der Waals surface area (Å²) in [5.41, 5.74) is 0.284. The molecule has 0 N–H and O–H groups in total. The second-order valence-electron chi connectivity index (χ2n) is 5.31. The van der Waals surface area contributed by atoms with Gasteiger partial charge in [-0.15, -0.1) is 13.2 Å². The Morgan fingerprint density at radius 3 is 2.48 bits per heavy atom. The Morgan fingerprint density at radius 2 is 1.88 bits per heavy atom. The Labute approximate surface area is 149 Å². The summed E-state index contributed by atoms with van der Waals surface area (Å²) >= 11 is 3.33. The lowest BCUT2D eigenvalue weighted by Crippen LogP contribution is -2.56. The van der Waals surface area contributed by atoms with Crippen LogP contribution in [0, 0.1) is 0 Å². The first kappa shape index (κ1) is 17.5. The van der Waals surface area contributed by atoms with Crippen molar-refractivity contribution in [1.82, 2.24) is 9.88 Å². The number of amides is 1. The topological polar surface area (TPSA) is 51.7 Å². The maximum absolute atomic E-state index is 12.3. The van der Waals surface area contributed by atoms with Crippen LogP contribution in [-0.2, 0) is 0 Å². The third kappa shape index (κ3) is 4.41. The molecule has 25 heavy (non-hydrogen) atoms. The van der Waals surface area contributed by atoms with Crippen molar-refractivity contribution in [1.29, 1.82) is 0 Å². The number of carbonyl (C=O) groups is 1. The maximum atomic E-state index is 12.3. The molecule has 2 heterocycles. The minimum Gasteiger partial charge on any atom is -0.470 e. The van der Waals surface area contributed by atoms with Crippen LogP contribution in [-0.4, -0.2) is 41.3 Å². The Hall–Kier alpha value is -2.29. The van der Waals surface area contributed by atoms with Crippen molar-refractivity contribution in [2.75, 3.05) is 13.1 Å². The highest BCUT2D eigenvalue weighted by Crippen LogP contribution is 2.26. The number of hydrogen-bond acceptors (Lipinski definition) is 4. The van der Waals surface area contributed by atoms with Crippen LogP contribution in [0.3, 0.4) is 0 Å². The van der Waals surface area contributed by atoms with Gasteiger partial charge >= 0.3 is 6.36 Å². The molecule has 1 amide bonds. The molecule has 5 nitrogen and oxygen atoms in total. The van der Waals surface area contributed by atoms with E-state index in [0.29, 0.717) is 19.0 Å². The molecule has 0 bridgehead atoms. The fourth-order valence-corrected chi connectivity index (χ4v) is 2.62. The first-order valence-electron chi connectivity index (χ1n) is 7.24. The minimum atomic E-state index is -4.76. The third-order valence-corrected chi connectivity index (χ3v) is 4.08. The van der Waals surface area contributed by atoms with Gasteiger partial charge in [-0.05, 0) is 52.3 Å². The van der Waals surface area contributed by atoms with Gasteiger partial charge in [0, 0.05) is 11.8 Å². The van der Waals surface area contributed by atoms with Gasteiger partial charge in [0.15, 0.2) is 0 Å². The van der Waals surface area contributed by atoms with E-state index in [0.717, 1.165) is 16.6 Å². The number of aromatic nitrogens is 1. The Bertz CT molecular complexity index is 762. The fraction of sp³-hybridized carbons (Fsp3) is 0.250. The third-order valence-electron chi connectivity index (χ3n) is 3.47. The Kier molecular flexibility index (Phi) is 4.85. The van der Waals surface area contributed by atoms with Crippen LogP contribution in [0.25, 0.3) is 0 Å². The van der Waals surface area contributed by atoms with Crippen molar-refractivity contribution in [3.63, 3.8) is 0 Å². The molecule has 0 saturated carbocycles. The van der Waals surface area contributed by atoms with Gasteiger partial charge in [-0.25, -0.2) is 4.98 Å². The first-order valence-corrected chi connectivity index (χ1v) is 8.03. The predicted octanol–water partition coefficient (Wildman–Crippen LogP) is 3.65. The molecule has 2 aromatic rings. The molecular formula is C16H12BrF3N2O3. The summed E-state index contributed by atoms with van der Waals surface area (Å²) in [5, 5.41) is 0. The number of likely N-dealkylation sites (tertiary alicyclic amines) is 1. The molecule has 132 valence electrons. The van der Waals surface area contributed by atoms with E-state index in [2.05, 4.69) is 25.7 Å². The molecule has 1 saturated heterocycles. The van der Waals surface area contributed by atoms with E-state index < -0.39 is 6.36 Å². The molecular weight excluding hydrogens is 405 g/mol. The number of hydrogen-bond donors (Lipinski definition) is 0. The molecule has 0 radical (unpaired) electrons. The van der Waals surface area contributed by atoms with E-state index >= 15 is 0 Å². The number of halogens is 4. The van der Waals surface area contributed by atoms with Crippen LogP contribution in [0.15, 0.2) is 47.1 Å². The lowest BCUT2D eigenvalue weighted by molar-refractivity contribution is -0.274. The normalized spacial score (nSPS) is 14.8. The highest BCUT2D eigenvalue weighted by atomic mass is 79.9. The summed E-state index contributed by atoms with van der Waals surface area (Å²) in [5.74, 6) is -0.194. The van der Waals surface area contributed by atoms with Gasteiger partial charge in [-0.2, -0.15) is 0 Å². The van der Waals surface area contributed by atoms with E-state index in [-0.39, 0.29) is 23.3 Å². The molecule has 0 spiro atoms. The zero-order valence-electron chi connectivity index (χ0n) is 12.7. The molecule has 1 aliphatic heterocycles. The zero-order valence-corrected chi connectivity index (χ0v) is 14.3. The van der Waals surface area contributed by atoms with Gasteiger partial charge in [-0.3, -0.25) is 4.79 Å². The number of rotatable bonds is 4. The average Bonchev–Trinajstić information content (AvgIpc) is 2.51. The molecule has 0 unspecified atom stereocenters. The monoisotopic (exact) mass is 416 g/mol. The molecule has 1 aromatic carbocycles. The molecule has 1 aliphatic rings. The van der Waals surface area contributed by atoms with Gasteiger partial charge in [0.05, 0.1) is 17.6 Å². The number of benzene rings is 1. The molecule has 1 fully saturated rings. The maximum Gasteiger partial charge on any atom is 0.573 e. The fourth-order valence-electron chi connectivity index (χ4n) is 2.28. The van der Waals surface area contributed by atoms with Gasteiger partial charge in [0.25, 0.3) is 5.91 Å². The van der Waals surface area contributed by atoms with Crippen molar-refractivity contribution in [2.24, 2.45) is 0 Å². The summed E-state index contributed by atoms with van der Waals surface area (Å²) in [6, 6.07) is 8.38. The Balaban J connectivity index is 1.54. The van der Waals surface area contributed by atoms with Crippen LogP contribution in [0.4, 0.5) is 13.2 Å². The number of ether oxygens (including phenoxy) is 2. The predicted molar refractivity (Wildman–Crippen MR) is 85.4 cm³/mol. The quantitative estimate of drug-likeness (QED) is 0.763. The number of nitrogens with zero attached hydrogens (tertiary/aromatic N) is 2. The largest absolute Gasteiger partial charge is 0.573 e. The van der Waals surface area contributed by atoms with Gasteiger partial charge in [0.2, 0.25) is 5.88 Å². The highest BCUT2D eigenvalue weighted by Gasteiger charge is 2.34. The van der Waals surface area contributed by atoms with Crippen molar-refractivity contribution < 1.29 is 27.4 Å². The Morgan fingerprint density at radius 1 is 1.20 bits per heavy atom. The molecule has 9 heteroatoms. The molecule has 3 rings (SSSR count). The second-order valence-corrected chi connectivity index (χ2v) is 6.17. The van der Waals surface area contributed by atoms with Crippen LogP contribution in [0.2, 0.25) is 0 Å². The summed E-state index contributed by atoms with van der Waals surface area (Å²) < 4.78 is 46.5. The van der Waals surface area contributed by atoms with Gasteiger partial charge in [-0.1, -0.05) is 0 Å². The standard InChI is InChI=1S/C16H12BrF3N2O3/c17-13-2-1-7-21-14(13)24-12-8-22(9-12)15(23)10-3-5-11(6-4-10)25-16(18,19)20/h1-7,12H,8-9H2. The molecule has 0 atom stereocenters. The first-order chi connectivity index (χ1) is 11.8. The summed E-state index contributed by atoms with van der Waals surface area (Å²) in [4.78, 5) is 17.9. The van der Waals surface area contributed by atoms with E-state index in [1.807, 2.05) is 0 Å². The lowest BCUT2D eigenvalue weighted by Gasteiger charge is -2.38. The highest BCUT2D eigenvalue weighted by molar-refractivity contribution is 9.10. The van der Waals surface area contributed by atoms with Crippen molar-refractivity contribution >= 4 is 21.8 Å². The van der Waals surface area contributed by atoms with Gasteiger partial charge < -0.3 is 14.4 Å². The number of pyridine rings is 1. The second kappa shape index (κ2) is 6.91. The summed E-state index contributed by atoms with van der Waals surface area (Å²) in [6.07, 6.45) is -3.33. The van der Waals surface area contributed by atoms with Crippen LogP contribution in [0.5, 0.6) is 11.6 Å². The van der Waals surface area contributed by atoms with Crippen LogP contribution >= 0.6 is 15.9 Å². The lowest BCUT2D eigenvalue weighted by atomic mass is 10.1. The average molecular weight is 417 g/mol. The summed E-state index contributed by atoms with van der Waals surface area (Å²) in [6.45, 7) is 0.755. The molecule has 1 aromatic heterocycles. The number of alkyl halides is 3. The van der Waals surface area contributed by atoms with E-state index in [1.165, 1.54) is 12.1 Å². The SMILES string of the molecule is O=C(c1ccc(OC(F)(F)F)cc1)N1CC(Oc2ncccc2Br)C1. The van der Waals surface area contributed by atoms with Crippen LogP contribution < -0.4 is 9.47 Å². The van der Waals surface area contributed by atoms with Crippen molar-refractivity contribution in [2.45, 2.75) is 12.5 Å². The summed E-state index contributed by atoms with van der Waals surface area (Å²) in [7, 11) is 0. The molecule has 0 aliphatic carbocycles. The van der Waals surface area contributed by atoms with Crippen molar-refractivity contribution in [3.05, 3.63) is 52.6 Å². The van der Waals surface area contributed by atoms with Gasteiger partial charge in [0.1, 0.15) is 11.9 Å². The number of carbonyl (C=O) groups excluding carboxylic acids is 1. The van der Waals surface area contributed by atoms with E-state index in [1.54, 1.807) is 23.2 Å². The smallest absolute Gasteiger partial charge is 0.470 e. The zero-order chi connectivity index (χ0) is 18.0. The van der Waals surface area contributed by atoms with Crippen molar-refractivity contribution in [3.8, 4) is 11.6 Å². The van der Waals surface area contributed by atoms with E-state index in [9.17, 15) is 18.0 Å². The minimum absolute atomic E-state index is 0.178. The van der Waals surface area contributed by atoms with Crippen LogP contribution in [0.1, 0.15) is 10.4 Å². The van der Waals surface area contributed by atoms with E-state index in [4.69, 9.17) is 4.74 Å².